The van der Waals surface area contributed by atoms with Crippen molar-refractivity contribution < 1.29 is 14.8 Å². The number of non-ortho nitro benzene ring substituents is 1. The molecule has 0 saturated heterocycles. The molecule has 2 unspecified atom stereocenters. The van der Waals surface area contributed by atoms with Gasteiger partial charge in [0.15, 0.2) is 0 Å². The number of nitro groups is 1. The quantitative estimate of drug-likeness (QED) is 0.493. The van der Waals surface area contributed by atoms with Gasteiger partial charge in [-0.1, -0.05) is 12.1 Å². The summed E-state index contributed by atoms with van der Waals surface area (Å²) < 4.78 is 0. The Kier molecular flexibility index (Phi) is 5.40. The maximum atomic E-state index is 11.6. The van der Waals surface area contributed by atoms with Gasteiger partial charge < -0.3 is 16.2 Å². The number of nitrogens with zero attached hydrogens (tertiary/aromatic N) is 1. The van der Waals surface area contributed by atoms with Gasteiger partial charge in [0, 0.05) is 24.7 Å². The fraction of sp³-hybridized carbons (Fsp3) is 0.417. The second-order valence-electron chi connectivity index (χ2n) is 4.31. The highest BCUT2D eigenvalue weighted by atomic mass is 16.6. The fourth-order valence-corrected chi connectivity index (χ4v) is 1.43. The average Bonchev–Trinajstić information content (AvgIpc) is 2.36. The van der Waals surface area contributed by atoms with Crippen molar-refractivity contribution in [2.45, 2.75) is 25.5 Å². The molecular formula is C12H17N3O4. The van der Waals surface area contributed by atoms with Crippen LogP contribution >= 0.6 is 0 Å². The molecule has 1 aromatic carbocycles. The molecule has 0 radical (unpaired) electrons. The number of hydrogen-bond acceptors (Lipinski definition) is 5. The summed E-state index contributed by atoms with van der Waals surface area (Å²) in [6, 6.07) is 5.36. The zero-order valence-electron chi connectivity index (χ0n) is 10.6. The van der Waals surface area contributed by atoms with E-state index in [1.54, 1.807) is 6.07 Å². The molecule has 7 heteroatoms. The van der Waals surface area contributed by atoms with Gasteiger partial charge in [-0.3, -0.25) is 14.9 Å². The lowest BCUT2D eigenvalue weighted by molar-refractivity contribution is -0.384. The van der Waals surface area contributed by atoms with Crippen LogP contribution < -0.4 is 11.1 Å². The molecule has 0 aliphatic heterocycles. The topological polar surface area (TPSA) is 118 Å². The molecule has 4 N–H and O–H groups in total. The second kappa shape index (κ2) is 6.81. The van der Waals surface area contributed by atoms with Crippen molar-refractivity contribution in [2.24, 2.45) is 5.73 Å². The third kappa shape index (κ3) is 5.02. The van der Waals surface area contributed by atoms with E-state index < -0.39 is 17.1 Å². The molecule has 0 heterocycles. The number of nitrogens with one attached hydrogen (secondary N) is 1. The Morgan fingerprint density at radius 3 is 2.84 bits per heavy atom. The molecule has 0 bridgehead atoms. The first-order valence-electron chi connectivity index (χ1n) is 5.84. The number of benzene rings is 1. The lowest BCUT2D eigenvalue weighted by atomic mass is 10.1. The zero-order valence-corrected chi connectivity index (χ0v) is 10.6. The molecule has 1 amide bonds. The number of aliphatic hydroxyl groups is 1. The van der Waals surface area contributed by atoms with E-state index in [0.717, 1.165) is 0 Å². The molecule has 104 valence electrons. The first kappa shape index (κ1) is 15.1. The molecule has 7 nitrogen and oxygen atoms in total. The minimum atomic E-state index is -0.710. The fourth-order valence-electron chi connectivity index (χ4n) is 1.43. The number of carbonyl (C=O) groups is 1. The van der Waals surface area contributed by atoms with E-state index in [9.17, 15) is 14.9 Å². The summed E-state index contributed by atoms with van der Waals surface area (Å²) in [5.41, 5.74) is 6.07. The first-order valence-corrected chi connectivity index (χ1v) is 5.84. The lowest BCUT2D eigenvalue weighted by Gasteiger charge is -2.15. The van der Waals surface area contributed by atoms with Crippen LogP contribution in [0.2, 0.25) is 0 Å². The molecule has 0 saturated carbocycles. The van der Waals surface area contributed by atoms with Crippen molar-refractivity contribution in [2.75, 3.05) is 6.54 Å². The monoisotopic (exact) mass is 267 g/mol. The van der Waals surface area contributed by atoms with Gasteiger partial charge >= 0.3 is 0 Å². The highest BCUT2D eigenvalue weighted by Gasteiger charge is 2.12. The van der Waals surface area contributed by atoms with E-state index in [-0.39, 0.29) is 24.6 Å². The molecule has 2 atom stereocenters. The van der Waals surface area contributed by atoms with Crippen molar-refractivity contribution in [1.29, 1.82) is 0 Å². The minimum absolute atomic E-state index is 0.0359. The highest BCUT2D eigenvalue weighted by molar-refractivity contribution is 5.78. The number of amides is 1. The highest BCUT2D eigenvalue weighted by Crippen LogP contribution is 2.13. The van der Waals surface area contributed by atoms with Gasteiger partial charge in [0.25, 0.3) is 5.69 Å². The predicted molar refractivity (Wildman–Crippen MR) is 69.5 cm³/mol. The number of nitrogens with two attached hydrogens (primary N) is 1. The third-order valence-corrected chi connectivity index (χ3v) is 2.64. The van der Waals surface area contributed by atoms with Crippen LogP contribution in [-0.2, 0) is 11.2 Å². The molecule has 1 rings (SSSR count). The van der Waals surface area contributed by atoms with Gasteiger partial charge in [0.2, 0.25) is 5.91 Å². The standard InChI is InChI=1S/C12H17N3O4/c1-8(16)11(13)7-14-12(17)6-9-3-2-4-10(5-9)15(18)19/h2-5,8,11,16H,6-7,13H2,1H3,(H,14,17). The number of nitro benzene ring substituents is 1. The van der Waals surface area contributed by atoms with E-state index in [0.29, 0.717) is 5.56 Å². The van der Waals surface area contributed by atoms with E-state index in [1.165, 1.54) is 25.1 Å². The number of aliphatic hydroxyl groups excluding tert-OH is 1. The smallest absolute Gasteiger partial charge is 0.269 e. The van der Waals surface area contributed by atoms with Crippen LogP contribution in [0.4, 0.5) is 5.69 Å². The van der Waals surface area contributed by atoms with Gasteiger partial charge in [-0.25, -0.2) is 0 Å². The molecule has 0 spiro atoms. The Morgan fingerprint density at radius 2 is 2.26 bits per heavy atom. The van der Waals surface area contributed by atoms with Crippen LogP contribution in [-0.4, -0.2) is 34.6 Å². The Morgan fingerprint density at radius 1 is 1.58 bits per heavy atom. The number of rotatable bonds is 6. The van der Waals surface area contributed by atoms with Crippen molar-refractivity contribution in [1.82, 2.24) is 5.32 Å². The van der Waals surface area contributed by atoms with Gasteiger partial charge in [-0.15, -0.1) is 0 Å². The van der Waals surface area contributed by atoms with Crippen LogP contribution in [0.5, 0.6) is 0 Å². The van der Waals surface area contributed by atoms with Crippen molar-refractivity contribution in [3.05, 3.63) is 39.9 Å². The molecule has 19 heavy (non-hydrogen) atoms. The average molecular weight is 267 g/mol. The van der Waals surface area contributed by atoms with Crippen LogP contribution in [0.1, 0.15) is 12.5 Å². The summed E-state index contributed by atoms with van der Waals surface area (Å²) in [7, 11) is 0. The van der Waals surface area contributed by atoms with Crippen LogP contribution in [0, 0.1) is 10.1 Å². The molecule has 0 aliphatic carbocycles. The van der Waals surface area contributed by atoms with Crippen LogP contribution in [0.3, 0.4) is 0 Å². The van der Waals surface area contributed by atoms with Crippen molar-refractivity contribution >= 4 is 11.6 Å². The van der Waals surface area contributed by atoms with Gasteiger partial charge in [0.05, 0.1) is 17.4 Å². The van der Waals surface area contributed by atoms with Crippen molar-refractivity contribution in [3.8, 4) is 0 Å². The molecule has 0 aliphatic rings. The maximum absolute atomic E-state index is 11.6. The SMILES string of the molecule is CC(O)C(N)CNC(=O)Cc1cccc([N+](=O)[O-])c1. The summed E-state index contributed by atoms with van der Waals surface area (Å²) in [5, 5.41) is 22.3. The Balaban J connectivity index is 2.53. The zero-order chi connectivity index (χ0) is 14.4. The summed E-state index contributed by atoms with van der Waals surface area (Å²) in [5.74, 6) is -0.295. The summed E-state index contributed by atoms with van der Waals surface area (Å²) in [6.45, 7) is 1.70. The Hall–Kier alpha value is -1.99. The van der Waals surface area contributed by atoms with Gasteiger partial charge in [-0.05, 0) is 12.5 Å². The lowest BCUT2D eigenvalue weighted by Crippen LogP contribution is -2.44. The van der Waals surface area contributed by atoms with E-state index in [4.69, 9.17) is 10.8 Å². The Labute approximate surface area is 110 Å². The summed E-state index contributed by atoms with van der Waals surface area (Å²) >= 11 is 0. The Bertz CT molecular complexity index is 462. The number of hydrogen-bond donors (Lipinski definition) is 3. The molecular weight excluding hydrogens is 250 g/mol. The van der Waals surface area contributed by atoms with Crippen LogP contribution in [0.15, 0.2) is 24.3 Å². The molecule has 0 fully saturated rings. The first-order chi connectivity index (χ1) is 8.90. The van der Waals surface area contributed by atoms with E-state index >= 15 is 0 Å². The summed E-state index contributed by atoms with van der Waals surface area (Å²) in [6.07, 6.45) is -0.674. The van der Waals surface area contributed by atoms with Crippen LogP contribution in [0.25, 0.3) is 0 Å². The summed E-state index contributed by atoms with van der Waals surface area (Å²) in [4.78, 5) is 21.7. The van der Waals surface area contributed by atoms with E-state index in [2.05, 4.69) is 5.32 Å². The van der Waals surface area contributed by atoms with Gasteiger partial charge in [-0.2, -0.15) is 0 Å². The van der Waals surface area contributed by atoms with E-state index in [1.807, 2.05) is 0 Å². The maximum Gasteiger partial charge on any atom is 0.269 e. The predicted octanol–water partition coefficient (Wildman–Crippen LogP) is -0.0384. The normalized spacial score (nSPS) is 13.6. The molecule has 0 aromatic heterocycles. The third-order valence-electron chi connectivity index (χ3n) is 2.64. The number of carbonyl (C=O) groups excluding carboxylic acids is 1. The second-order valence-corrected chi connectivity index (χ2v) is 4.31. The molecule has 1 aromatic rings. The minimum Gasteiger partial charge on any atom is -0.392 e. The van der Waals surface area contributed by atoms with Crippen molar-refractivity contribution in [3.63, 3.8) is 0 Å². The van der Waals surface area contributed by atoms with Gasteiger partial charge in [0.1, 0.15) is 0 Å². The largest absolute Gasteiger partial charge is 0.392 e.